The lowest BCUT2D eigenvalue weighted by molar-refractivity contribution is -0.149. The van der Waals surface area contributed by atoms with Crippen LogP contribution in [-0.4, -0.2) is 24.5 Å². The number of methoxy groups -OCH3 is 1. The number of amides is 1. The van der Waals surface area contributed by atoms with Crippen molar-refractivity contribution < 1.29 is 14.3 Å². The van der Waals surface area contributed by atoms with Gasteiger partial charge in [-0.05, 0) is 27.2 Å². The first kappa shape index (κ1) is 13.7. The molecule has 0 heterocycles. The summed E-state index contributed by atoms with van der Waals surface area (Å²) in [6.07, 6.45) is 1.94. The molecule has 0 aromatic heterocycles. The molecule has 0 aliphatic rings. The second-order valence-electron chi connectivity index (χ2n) is 3.89. The standard InChI is InChI=1S/C11H19NO3/c1-6-11(4,10(14)15-5)12-9(13)7-8(2)3/h7H,6H2,1-5H3,(H,12,13)/t11-/m0/s1. The number of ether oxygens (including phenoxy) is 1. The van der Waals surface area contributed by atoms with E-state index in [1.54, 1.807) is 6.92 Å². The van der Waals surface area contributed by atoms with Gasteiger partial charge in [0.1, 0.15) is 5.54 Å². The zero-order valence-electron chi connectivity index (χ0n) is 10.0. The summed E-state index contributed by atoms with van der Waals surface area (Å²) in [6, 6.07) is 0. The first-order chi connectivity index (χ1) is 6.85. The van der Waals surface area contributed by atoms with Crippen molar-refractivity contribution in [2.75, 3.05) is 7.11 Å². The van der Waals surface area contributed by atoms with Gasteiger partial charge in [0.05, 0.1) is 7.11 Å². The van der Waals surface area contributed by atoms with Crippen LogP contribution >= 0.6 is 0 Å². The van der Waals surface area contributed by atoms with Crippen LogP contribution in [0.1, 0.15) is 34.1 Å². The largest absolute Gasteiger partial charge is 0.467 e. The fraction of sp³-hybridized carbons (Fsp3) is 0.636. The highest BCUT2D eigenvalue weighted by Gasteiger charge is 2.33. The molecular formula is C11H19NO3. The van der Waals surface area contributed by atoms with Gasteiger partial charge in [-0.25, -0.2) is 4.79 Å². The number of nitrogens with one attached hydrogen (secondary N) is 1. The number of hydrogen-bond acceptors (Lipinski definition) is 3. The molecule has 0 saturated heterocycles. The second kappa shape index (κ2) is 5.53. The molecule has 4 nitrogen and oxygen atoms in total. The lowest BCUT2D eigenvalue weighted by Gasteiger charge is -2.25. The number of carbonyl (C=O) groups is 2. The Kier molecular flexibility index (Phi) is 5.05. The van der Waals surface area contributed by atoms with E-state index in [4.69, 9.17) is 0 Å². The molecule has 0 fully saturated rings. The topological polar surface area (TPSA) is 55.4 Å². The van der Waals surface area contributed by atoms with Crippen molar-refractivity contribution in [3.63, 3.8) is 0 Å². The number of allylic oxidation sites excluding steroid dienone is 1. The van der Waals surface area contributed by atoms with Gasteiger partial charge < -0.3 is 10.1 Å². The van der Waals surface area contributed by atoms with Gasteiger partial charge in [0.2, 0.25) is 5.91 Å². The third-order valence-corrected chi connectivity index (χ3v) is 2.16. The van der Waals surface area contributed by atoms with Crippen molar-refractivity contribution in [1.82, 2.24) is 5.32 Å². The Morgan fingerprint density at radius 2 is 1.93 bits per heavy atom. The Hall–Kier alpha value is -1.32. The summed E-state index contributed by atoms with van der Waals surface area (Å²) in [5.41, 5.74) is -0.0616. The quantitative estimate of drug-likeness (QED) is 0.567. The smallest absolute Gasteiger partial charge is 0.331 e. The highest BCUT2D eigenvalue weighted by atomic mass is 16.5. The van der Waals surface area contributed by atoms with E-state index in [1.807, 2.05) is 20.8 Å². The summed E-state index contributed by atoms with van der Waals surface area (Å²) in [5.74, 6) is -0.703. The summed E-state index contributed by atoms with van der Waals surface area (Å²) in [4.78, 5) is 22.9. The van der Waals surface area contributed by atoms with Gasteiger partial charge in [-0.1, -0.05) is 12.5 Å². The van der Waals surface area contributed by atoms with Crippen LogP contribution in [0.3, 0.4) is 0 Å². The average molecular weight is 213 g/mol. The zero-order chi connectivity index (χ0) is 12.1. The lowest BCUT2D eigenvalue weighted by atomic mass is 9.99. The molecule has 0 aromatic carbocycles. The number of carbonyl (C=O) groups excluding carboxylic acids is 2. The molecule has 0 rings (SSSR count). The van der Waals surface area contributed by atoms with E-state index in [9.17, 15) is 9.59 Å². The van der Waals surface area contributed by atoms with Crippen LogP contribution in [0, 0.1) is 0 Å². The summed E-state index contributed by atoms with van der Waals surface area (Å²) in [6.45, 7) is 7.11. The third-order valence-electron chi connectivity index (χ3n) is 2.16. The van der Waals surface area contributed by atoms with E-state index < -0.39 is 11.5 Å². The summed E-state index contributed by atoms with van der Waals surface area (Å²) >= 11 is 0. The van der Waals surface area contributed by atoms with Gasteiger partial charge in [0, 0.05) is 6.08 Å². The van der Waals surface area contributed by atoms with Crippen LogP contribution in [0.2, 0.25) is 0 Å². The van der Waals surface area contributed by atoms with Gasteiger partial charge in [-0.2, -0.15) is 0 Å². The summed E-state index contributed by atoms with van der Waals surface area (Å²) in [5, 5.41) is 2.64. The van der Waals surface area contributed by atoms with Crippen molar-refractivity contribution in [1.29, 1.82) is 0 Å². The van der Waals surface area contributed by atoms with Crippen LogP contribution < -0.4 is 5.32 Å². The van der Waals surface area contributed by atoms with E-state index in [-0.39, 0.29) is 5.91 Å². The molecule has 0 aliphatic heterocycles. The fourth-order valence-electron chi connectivity index (χ4n) is 1.08. The van der Waals surface area contributed by atoms with Crippen molar-refractivity contribution in [2.45, 2.75) is 39.7 Å². The van der Waals surface area contributed by atoms with Gasteiger partial charge in [0.15, 0.2) is 0 Å². The monoisotopic (exact) mass is 213 g/mol. The summed E-state index contributed by atoms with van der Waals surface area (Å²) < 4.78 is 4.64. The average Bonchev–Trinajstić information content (AvgIpc) is 2.14. The van der Waals surface area contributed by atoms with E-state index in [0.29, 0.717) is 6.42 Å². The first-order valence-corrected chi connectivity index (χ1v) is 4.91. The van der Waals surface area contributed by atoms with E-state index >= 15 is 0 Å². The van der Waals surface area contributed by atoms with E-state index in [1.165, 1.54) is 13.2 Å². The normalized spacial score (nSPS) is 13.7. The minimum Gasteiger partial charge on any atom is -0.467 e. The molecule has 0 bridgehead atoms. The minimum atomic E-state index is -0.947. The molecular weight excluding hydrogens is 194 g/mol. The fourth-order valence-corrected chi connectivity index (χ4v) is 1.08. The Morgan fingerprint density at radius 3 is 2.27 bits per heavy atom. The highest BCUT2D eigenvalue weighted by molar-refractivity contribution is 5.93. The van der Waals surface area contributed by atoms with Crippen LogP contribution in [0.5, 0.6) is 0 Å². The maximum Gasteiger partial charge on any atom is 0.331 e. The predicted octanol–water partition coefficient (Wildman–Crippen LogP) is 1.41. The number of esters is 1. The van der Waals surface area contributed by atoms with E-state index in [0.717, 1.165) is 5.57 Å². The predicted molar refractivity (Wildman–Crippen MR) is 58.3 cm³/mol. The Bertz CT molecular complexity index is 280. The molecule has 86 valence electrons. The first-order valence-electron chi connectivity index (χ1n) is 4.91. The zero-order valence-corrected chi connectivity index (χ0v) is 10.0. The molecule has 0 spiro atoms. The van der Waals surface area contributed by atoms with Crippen molar-refractivity contribution in [3.8, 4) is 0 Å². The van der Waals surface area contributed by atoms with Gasteiger partial charge in [-0.3, -0.25) is 4.79 Å². The molecule has 15 heavy (non-hydrogen) atoms. The number of hydrogen-bond donors (Lipinski definition) is 1. The Morgan fingerprint density at radius 1 is 1.40 bits per heavy atom. The molecule has 1 N–H and O–H groups in total. The maximum absolute atomic E-state index is 11.5. The van der Waals surface area contributed by atoms with Crippen LogP contribution in [0.15, 0.2) is 11.6 Å². The van der Waals surface area contributed by atoms with Crippen LogP contribution in [0.4, 0.5) is 0 Å². The third kappa shape index (κ3) is 4.14. The van der Waals surface area contributed by atoms with E-state index in [2.05, 4.69) is 10.1 Å². The molecule has 0 unspecified atom stereocenters. The molecule has 1 atom stereocenters. The van der Waals surface area contributed by atoms with Gasteiger partial charge in [0.25, 0.3) is 0 Å². The van der Waals surface area contributed by atoms with Crippen molar-refractivity contribution in [3.05, 3.63) is 11.6 Å². The number of rotatable bonds is 4. The van der Waals surface area contributed by atoms with Gasteiger partial charge in [-0.15, -0.1) is 0 Å². The molecule has 0 aromatic rings. The molecule has 1 amide bonds. The lowest BCUT2D eigenvalue weighted by Crippen LogP contribution is -2.51. The molecule has 0 radical (unpaired) electrons. The minimum absolute atomic E-state index is 0.273. The Labute approximate surface area is 90.7 Å². The van der Waals surface area contributed by atoms with Crippen molar-refractivity contribution >= 4 is 11.9 Å². The van der Waals surface area contributed by atoms with Crippen molar-refractivity contribution in [2.24, 2.45) is 0 Å². The van der Waals surface area contributed by atoms with Gasteiger partial charge >= 0.3 is 5.97 Å². The molecule has 0 aliphatic carbocycles. The SMILES string of the molecule is CC[C@](C)(NC(=O)C=C(C)C)C(=O)OC. The van der Waals surface area contributed by atoms with Crippen LogP contribution in [-0.2, 0) is 14.3 Å². The maximum atomic E-state index is 11.5. The van der Waals surface area contributed by atoms with Crippen LogP contribution in [0.25, 0.3) is 0 Å². The highest BCUT2D eigenvalue weighted by Crippen LogP contribution is 2.11. The summed E-state index contributed by atoms with van der Waals surface area (Å²) in [7, 11) is 1.31. The molecule has 0 saturated carbocycles. The Balaban J connectivity index is 4.65. The second-order valence-corrected chi connectivity index (χ2v) is 3.89. The molecule has 4 heteroatoms.